The number of rotatable bonds is 7. The second kappa shape index (κ2) is 7.48. The Morgan fingerprint density at radius 2 is 2.00 bits per heavy atom. The van der Waals surface area contributed by atoms with Crippen molar-refractivity contribution in [2.75, 3.05) is 6.54 Å². The van der Waals surface area contributed by atoms with Crippen LogP contribution < -0.4 is 4.72 Å². The number of nitrogens with one attached hydrogen (secondary N) is 1. The summed E-state index contributed by atoms with van der Waals surface area (Å²) >= 11 is 7.63. The number of benzene rings is 1. The molecule has 0 unspecified atom stereocenters. The van der Waals surface area contributed by atoms with E-state index in [1.807, 2.05) is 29.8 Å². The molecule has 1 aromatic carbocycles. The SMILES string of the molecule is O=S(=O)(Cc1ccccc1Cl)NCCn1ccc(-c2cccs2)n1. The zero-order valence-electron chi connectivity index (χ0n) is 12.7. The lowest BCUT2D eigenvalue weighted by atomic mass is 10.2. The molecule has 0 aliphatic rings. The van der Waals surface area contributed by atoms with Crippen molar-refractivity contribution in [2.45, 2.75) is 12.3 Å². The number of hydrogen-bond acceptors (Lipinski definition) is 4. The second-order valence-corrected chi connectivity index (χ2v) is 8.35. The minimum absolute atomic E-state index is 0.133. The highest BCUT2D eigenvalue weighted by Crippen LogP contribution is 2.22. The Bertz CT molecular complexity index is 905. The van der Waals surface area contributed by atoms with Crippen molar-refractivity contribution in [2.24, 2.45) is 0 Å². The van der Waals surface area contributed by atoms with Gasteiger partial charge in [-0.15, -0.1) is 11.3 Å². The van der Waals surface area contributed by atoms with Gasteiger partial charge >= 0.3 is 0 Å². The number of hydrogen-bond donors (Lipinski definition) is 1. The first-order chi connectivity index (χ1) is 11.5. The van der Waals surface area contributed by atoms with Crippen molar-refractivity contribution in [3.8, 4) is 10.6 Å². The van der Waals surface area contributed by atoms with Gasteiger partial charge in [-0.3, -0.25) is 4.68 Å². The third-order valence-electron chi connectivity index (χ3n) is 3.38. The van der Waals surface area contributed by atoms with E-state index in [4.69, 9.17) is 11.6 Å². The maximum Gasteiger partial charge on any atom is 0.215 e. The molecule has 2 aromatic heterocycles. The van der Waals surface area contributed by atoms with E-state index in [0.29, 0.717) is 17.1 Å². The molecule has 0 aliphatic carbocycles. The van der Waals surface area contributed by atoms with Crippen molar-refractivity contribution in [1.29, 1.82) is 0 Å². The standard InChI is InChI=1S/C16H16ClN3O2S2/c17-14-5-2-1-4-13(14)12-24(21,22)18-8-10-20-9-7-15(19-20)16-6-3-11-23-16/h1-7,9,11,18H,8,10,12H2. The van der Waals surface area contributed by atoms with E-state index in [2.05, 4.69) is 9.82 Å². The maximum atomic E-state index is 12.1. The van der Waals surface area contributed by atoms with Crippen LogP contribution >= 0.6 is 22.9 Å². The molecule has 0 saturated carbocycles. The fourth-order valence-electron chi connectivity index (χ4n) is 2.23. The summed E-state index contributed by atoms with van der Waals surface area (Å²) in [6, 6.07) is 12.8. The highest BCUT2D eigenvalue weighted by Gasteiger charge is 2.13. The molecular formula is C16H16ClN3O2S2. The van der Waals surface area contributed by atoms with Crippen LogP contribution in [-0.2, 0) is 22.3 Å². The number of aromatic nitrogens is 2. The second-order valence-electron chi connectivity index (χ2n) is 5.19. The molecule has 0 radical (unpaired) electrons. The number of sulfonamides is 1. The predicted octanol–water partition coefficient (Wildman–Crippen LogP) is 3.38. The van der Waals surface area contributed by atoms with Crippen molar-refractivity contribution in [3.63, 3.8) is 0 Å². The Morgan fingerprint density at radius 3 is 2.75 bits per heavy atom. The van der Waals surface area contributed by atoms with Crippen LogP contribution in [0.1, 0.15) is 5.56 Å². The van der Waals surface area contributed by atoms with Gasteiger partial charge in [0.05, 0.1) is 17.2 Å². The van der Waals surface area contributed by atoms with Gasteiger partial charge < -0.3 is 0 Å². The van der Waals surface area contributed by atoms with Crippen LogP contribution in [0.2, 0.25) is 5.02 Å². The average Bonchev–Trinajstić information content (AvgIpc) is 3.20. The van der Waals surface area contributed by atoms with Gasteiger partial charge in [-0.1, -0.05) is 35.9 Å². The van der Waals surface area contributed by atoms with Gasteiger partial charge in [0.15, 0.2) is 0 Å². The highest BCUT2D eigenvalue weighted by molar-refractivity contribution is 7.88. The minimum atomic E-state index is -3.44. The molecule has 0 bridgehead atoms. The van der Waals surface area contributed by atoms with E-state index >= 15 is 0 Å². The van der Waals surface area contributed by atoms with Crippen molar-refractivity contribution in [3.05, 3.63) is 64.6 Å². The fraction of sp³-hybridized carbons (Fsp3) is 0.188. The lowest BCUT2D eigenvalue weighted by molar-refractivity contribution is 0.560. The Hall–Kier alpha value is -1.67. The third-order valence-corrected chi connectivity index (χ3v) is 5.98. The van der Waals surface area contributed by atoms with Crippen LogP contribution in [0.3, 0.4) is 0 Å². The van der Waals surface area contributed by atoms with E-state index < -0.39 is 10.0 Å². The Labute approximate surface area is 150 Å². The maximum absolute atomic E-state index is 12.1. The molecule has 0 saturated heterocycles. The van der Waals surface area contributed by atoms with E-state index in [9.17, 15) is 8.42 Å². The molecule has 24 heavy (non-hydrogen) atoms. The zero-order chi connectivity index (χ0) is 17.0. The van der Waals surface area contributed by atoms with Gasteiger partial charge in [0.1, 0.15) is 5.69 Å². The molecule has 1 N–H and O–H groups in total. The molecule has 3 rings (SSSR count). The Morgan fingerprint density at radius 1 is 1.17 bits per heavy atom. The molecule has 2 heterocycles. The molecular weight excluding hydrogens is 366 g/mol. The first-order valence-corrected chi connectivity index (χ1v) is 10.2. The van der Waals surface area contributed by atoms with E-state index in [1.165, 1.54) is 0 Å². The van der Waals surface area contributed by atoms with Gasteiger partial charge in [0.25, 0.3) is 0 Å². The highest BCUT2D eigenvalue weighted by atomic mass is 35.5. The van der Waals surface area contributed by atoms with Crippen LogP contribution in [0.5, 0.6) is 0 Å². The fourth-order valence-corrected chi connectivity index (χ4v) is 4.37. The van der Waals surface area contributed by atoms with Crippen LogP contribution in [0, 0.1) is 0 Å². The van der Waals surface area contributed by atoms with E-state index in [0.717, 1.165) is 10.6 Å². The largest absolute Gasteiger partial charge is 0.271 e. The summed E-state index contributed by atoms with van der Waals surface area (Å²) in [5, 5.41) is 6.89. The normalized spacial score (nSPS) is 11.7. The average molecular weight is 382 g/mol. The molecule has 5 nitrogen and oxygen atoms in total. The molecule has 126 valence electrons. The molecule has 8 heteroatoms. The minimum Gasteiger partial charge on any atom is -0.271 e. The summed E-state index contributed by atoms with van der Waals surface area (Å²) in [5.41, 5.74) is 1.48. The van der Waals surface area contributed by atoms with E-state index in [-0.39, 0.29) is 12.3 Å². The number of nitrogens with zero attached hydrogens (tertiary/aromatic N) is 2. The summed E-state index contributed by atoms with van der Waals surface area (Å²) < 4.78 is 28.6. The number of halogens is 1. The monoisotopic (exact) mass is 381 g/mol. The van der Waals surface area contributed by atoms with Gasteiger partial charge in [0, 0.05) is 17.8 Å². The predicted molar refractivity (Wildman–Crippen MR) is 97.6 cm³/mol. The first kappa shape index (κ1) is 17.2. The summed E-state index contributed by atoms with van der Waals surface area (Å²) in [5.74, 6) is -0.133. The molecule has 0 spiro atoms. The smallest absolute Gasteiger partial charge is 0.215 e. The van der Waals surface area contributed by atoms with Crippen molar-refractivity contribution >= 4 is 33.0 Å². The third kappa shape index (κ3) is 4.45. The van der Waals surface area contributed by atoms with Gasteiger partial charge in [-0.05, 0) is 29.1 Å². The summed E-state index contributed by atoms with van der Waals surface area (Å²) in [6.07, 6.45) is 1.84. The van der Waals surface area contributed by atoms with Crippen LogP contribution in [0.25, 0.3) is 10.6 Å². The van der Waals surface area contributed by atoms with Crippen LogP contribution in [0.4, 0.5) is 0 Å². The molecule has 0 aliphatic heterocycles. The Kier molecular flexibility index (Phi) is 5.35. The van der Waals surface area contributed by atoms with E-state index in [1.54, 1.807) is 40.3 Å². The summed E-state index contributed by atoms with van der Waals surface area (Å²) in [7, 11) is -3.44. The molecule has 0 fully saturated rings. The molecule has 3 aromatic rings. The van der Waals surface area contributed by atoms with Crippen molar-refractivity contribution in [1.82, 2.24) is 14.5 Å². The lowest BCUT2D eigenvalue weighted by Crippen LogP contribution is -2.28. The lowest BCUT2D eigenvalue weighted by Gasteiger charge is -2.08. The molecule has 0 atom stereocenters. The Balaban J connectivity index is 1.55. The number of thiophene rings is 1. The quantitative estimate of drug-likeness (QED) is 0.682. The van der Waals surface area contributed by atoms with Gasteiger partial charge in [-0.25, -0.2) is 13.1 Å². The zero-order valence-corrected chi connectivity index (χ0v) is 15.1. The summed E-state index contributed by atoms with van der Waals surface area (Å²) in [6.45, 7) is 0.742. The van der Waals surface area contributed by atoms with Gasteiger partial charge in [0.2, 0.25) is 10.0 Å². The first-order valence-electron chi connectivity index (χ1n) is 7.31. The van der Waals surface area contributed by atoms with Crippen LogP contribution in [-0.4, -0.2) is 24.7 Å². The van der Waals surface area contributed by atoms with Gasteiger partial charge in [-0.2, -0.15) is 5.10 Å². The van der Waals surface area contributed by atoms with Crippen LogP contribution in [0.15, 0.2) is 54.0 Å². The summed E-state index contributed by atoms with van der Waals surface area (Å²) in [4.78, 5) is 1.09. The van der Waals surface area contributed by atoms with Crippen molar-refractivity contribution < 1.29 is 8.42 Å². The molecule has 0 amide bonds. The topological polar surface area (TPSA) is 64.0 Å².